The Morgan fingerprint density at radius 2 is 0.730 bits per heavy atom. The largest absolute Gasteiger partial charge is 0.468 e. The molecule has 0 spiro atoms. The summed E-state index contributed by atoms with van der Waals surface area (Å²) >= 11 is 0. The average Bonchev–Trinajstić information content (AvgIpc) is 3.31. The van der Waals surface area contributed by atoms with Crippen molar-refractivity contribution in [2.75, 3.05) is 81.8 Å². The molecule has 0 radical (unpaired) electrons. The lowest BCUT2D eigenvalue weighted by Gasteiger charge is -2.62. The summed E-state index contributed by atoms with van der Waals surface area (Å²) in [4.78, 5) is 85.5. The summed E-state index contributed by atoms with van der Waals surface area (Å²) in [5.41, 5.74) is -2.28. The van der Waals surface area contributed by atoms with Crippen LogP contribution in [-0.2, 0) is 38.1 Å². The van der Waals surface area contributed by atoms with Gasteiger partial charge in [-0.05, 0) is 95.0 Å². The lowest BCUT2D eigenvalue weighted by molar-refractivity contribution is -0.208. The van der Waals surface area contributed by atoms with Gasteiger partial charge in [-0.3, -0.25) is 48.9 Å². The Hall–Kier alpha value is -5.68. The molecule has 0 aliphatic carbocycles. The van der Waals surface area contributed by atoms with Gasteiger partial charge in [0.15, 0.2) is 0 Å². The third-order valence-electron chi connectivity index (χ3n) is 14.2. The quantitative estimate of drug-likeness (QED) is 0.149. The van der Waals surface area contributed by atoms with Gasteiger partial charge in [0.05, 0.1) is 75.4 Å². The maximum absolute atomic E-state index is 14.5. The second kappa shape index (κ2) is 17.5. The molecule has 63 heavy (non-hydrogen) atoms. The Morgan fingerprint density at radius 1 is 0.476 bits per heavy atom. The number of esters is 4. The Labute approximate surface area is 367 Å². The molecule has 4 bridgehead atoms. The van der Waals surface area contributed by atoms with Crippen LogP contribution in [0.1, 0.15) is 66.2 Å². The normalized spacial score (nSPS) is 31.1. The molecule has 4 aromatic rings. The number of methoxy groups -OCH3 is 4. The topological polar surface area (TPSA) is 170 Å². The summed E-state index contributed by atoms with van der Waals surface area (Å²) in [5, 5.41) is 0. The molecule has 0 N–H and O–H groups in total. The number of carbonyl (C=O) groups excluding carboxylic acids is 4. The summed E-state index contributed by atoms with van der Waals surface area (Å²) in [6, 6.07) is 20.1. The molecular formula is C47H56N8O8. The van der Waals surface area contributed by atoms with Crippen molar-refractivity contribution in [3.8, 4) is 0 Å². The van der Waals surface area contributed by atoms with E-state index in [0.717, 1.165) is 0 Å². The van der Waals surface area contributed by atoms with E-state index in [1.165, 1.54) is 28.4 Å². The molecule has 332 valence electrons. The van der Waals surface area contributed by atoms with Crippen LogP contribution < -0.4 is 0 Å². The van der Waals surface area contributed by atoms with Gasteiger partial charge in [0, 0.05) is 51.0 Å². The fraction of sp³-hybridized carbons (Fsp3) is 0.489. The predicted molar refractivity (Wildman–Crippen MR) is 228 cm³/mol. The van der Waals surface area contributed by atoms with Crippen molar-refractivity contribution < 1.29 is 38.1 Å². The Bertz CT molecular complexity index is 1970. The maximum atomic E-state index is 14.5. The van der Waals surface area contributed by atoms with Gasteiger partial charge in [-0.1, -0.05) is 24.3 Å². The van der Waals surface area contributed by atoms with Crippen LogP contribution in [0, 0.1) is 21.7 Å². The summed E-state index contributed by atoms with van der Waals surface area (Å²) < 4.78 is 22.6. The fourth-order valence-corrected chi connectivity index (χ4v) is 12.4. The fourth-order valence-electron chi connectivity index (χ4n) is 12.4. The highest BCUT2D eigenvalue weighted by Gasteiger charge is 2.71. The van der Waals surface area contributed by atoms with Crippen LogP contribution in [0.4, 0.5) is 0 Å². The van der Waals surface area contributed by atoms with E-state index in [0.29, 0.717) is 42.3 Å². The molecular weight excluding hydrogens is 805 g/mol. The number of likely N-dealkylation sites (tertiary alicyclic amines) is 4. The summed E-state index contributed by atoms with van der Waals surface area (Å²) in [5.74, 6) is -1.79. The van der Waals surface area contributed by atoms with Crippen LogP contribution in [0.25, 0.3) is 0 Å². The SMILES string of the molecule is COC(=O)C12CN(CCCN3CC4(C(=O)OC)CC(C(=O)OC)(C3)[C@@H](c3ccccn3)N(C)[C@H]4c3ccccn3)CC(C(=O)OC)(C1)[C@@H](c1ccccn1)N(C)[C@H]2c1ccccn1. The standard InChI is InChI=1S/C47H56N8O8/c1-52-36(32-16-7-11-20-48-32)44(40(56)60-3)26-45(41(57)61-4,37(52)33-17-8-12-21-49-33)29-54(28-44)24-15-25-55-30-46(42(58)62-5)27-47(31-55,43(59)63-6)39(35-19-10-14-23-51-35)53(2)38(46)34-18-9-13-22-50-34/h7-14,16-23,36-39H,15,24-31H2,1-6H3/t36-,37+,38-,39+,44?,45?,46?,47?. The van der Waals surface area contributed by atoms with Crippen molar-refractivity contribution in [1.82, 2.24) is 39.5 Å². The van der Waals surface area contributed by atoms with E-state index >= 15 is 0 Å². The average molecular weight is 861 g/mol. The molecule has 8 rings (SSSR count). The molecule has 4 saturated heterocycles. The van der Waals surface area contributed by atoms with Crippen LogP contribution in [0.5, 0.6) is 0 Å². The number of pyridine rings is 4. The molecule has 0 amide bonds. The van der Waals surface area contributed by atoms with E-state index in [2.05, 4.69) is 19.6 Å². The minimum Gasteiger partial charge on any atom is -0.468 e. The second-order valence-electron chi connectivity index (χ2n) is 17.7. The van der Waals surface area contributed by atoms with Crippen LogP contribution in [0.3, 0.4) is 0 Å². The van der Waals surface area contributed by atoms with Crippen molar-refractivity contribution in [1.29, 1.82) is 0 Å². The van der Waals surface area contributed by atoms with Gasteiger partial charge in [0.25, 0.3) is 0 Å². The zero-order valence-electron chi connectivity index (χ0n) is 36.8. The highest BCUT2D eigenvalue weighted by atomic mass is 16.5. The molecule has 0 saturated carbocycles. The smallest absolute Gasteiger partial charge is 0.315 e. The third kappa shape index (κ3) is 7.16. The second-order valence-corrected chi connectivity index (χ2v) is 17.7. The number of ether oxygens (including phenoxy) is 4. The van der Waals surface area contributed by atoms with Gasteiger partial charge < -0.3 is 28.7 Å². The molecule has 16 heteroatoms. The number of hydrogen-bond acceptors (Lipinski definition) is 16. The van der Waals surface area contributed by atoms with Gasteiger partial charge in [-0.25, -0.2) is 0 Å². The number of fused-ring (bicyclic) bond motifs is 4. The Morgan fingerprint density at radius 3 is 0.937 bits per heavy atom. The van der Waals surface area contributed by atoms with Gasteiger partial charge >= 0.3 is 23.9 Å². The molecule has 16 nitrogen and oxygen atoms in total. The lowest BCUT2D eigenvalue weighted by atomic mass is 9.55. The maximum Gasteiger partial charge on any atom is 0.315 e. The molecule has 4 aliphatic rings. The first-order valence-corrected chi connectivity index (χ1v) is 21.3. The van der Waals surface area contributed by atoms with E-state index in [1.54, 1.807) is 24.8 Å². The highest BCUT2D eigenvalue weighted by molar-refractivity contribution is 5.86. The predicted octanol–water partition coefficient (Wildman–Crippen LogP) is 3.86. The van der Waals surface area contributed by atoms with Crippen LogP contribution in [0.15, 0.2) is 97.6 Å². The van der Waals surface area contributed by atoms with Gasteiger partial charge in [-0.15, -0.1) is 0 Å². The molecule has 4 aromatic heterocycles. The van der Waals surface area contributed by atoms with Crippen molar-refractivity contribution in [2.24, 2.45) is 21.7 Å². The van der Waals surface area contributed by atoms with Crippen LogP contribution >= 0.6 is 0 Å². The molecule has 0 aromatic carbocycles. The first kappa shape index (κ1) is 43.9. The molecule has 8 atom stereocenters. The van der Waals surface area contributed by atoms with Crippen molar-refractivity contribution >= 4 is 23.9 Å². The molecule has 4 aliphatic heterocycles. The van der Waals surface area contributed by atoms with Gasteiger partial charge in [0.1, 0.15) is 21.7 Å². The summed E-state index contributed by atoms with van der Waals surface area (Å²) in [6.45, 7) is 1.98. The number of nitrogens with zero attached hydrogens (tertiary/aromatic N) is 8. The number of rotatable bonds is 12. The van der Waals surface area contributed by atoms with Crippen LogP contribution in [-0.4, -0.2) is 145 Å². The summed E-state index contributed by atoms with van der Waals surface area (Å²) in [6.07, 6.45) is 7.66. The van der Waals surface area contributed by atoms with E-state index < -0.39 is 69.7 Å². The minimum atomic E-state index is -1.24. The number of aromatic nitrogens is 4. The van der Waals surface area contributed by atoms with Crippen molar-refractivity contribution in [2.45, 2.75) is 43.4 Å². The monoisotopic (exact) mass is 860 g/mol. The Kier molecular flexibility index (Phi) is 12.2. The molecule has 4 unspecified atom stereocenters. The third-order valence-corrected chi connectivity index (χ3v) is 14.2. The number of piperidine rings is 4. The minimum absolute atomic E-state index is 0.148. The summed E-state index contributed by atoms with van der Waals surface area (Å²) in [7, 11) is 9.35. The van der Waals surface area contributed by atoms with E-state index in [-0.39, 0.29) is 39.0 Å². The first-order chi connectivity index (χ1) is 30.4. The van der Waals surface area contributed by atoms with Crippen molar-refractivity contribution in [3.05, 3.63) is 120 Å². The molecule has 8 heterocycles. The molecule has 4 fully saturated rings. The lowest BCUT2D eigenvalue weighted by Crippen LogP contribution is -2.70. The van der Waals surface area contributed by atoms with Gasteiger partial charge in [-0.2, -0.15) is 0 Å². The van der Waals surface area contributed by atoms with Crippen molar-refractivity contribution in [3.63, 3.8) is 0 Å². The van der Waals surface area contributed by atoms with E-state index in [9.17, 15) is 19.2 Å². The van der Waals surface area contributed by atoms with E-state index in [1.807, 2.05) is 86.9 Å². The number of hydrogen-bond donors (Lipinski definition) is 0. The Balaban J connectivity index is 1.19. The van der Waals surface area contributed by atoms with Crippen LogP contribution in [0.2, 0.25) is 0 Å². The first-order valence-electron chi connectivity index (χ1n) is 21.3. The highest BCUT2D eigenvalue weighted by Crippen LogP contribution is 2.64. The zero-order chi connectivity index (χ0) is 44.6. The zero-order valence-corrected chi connectivity index (χ0v) is 36.8. The van der Waals surface area contributed by atoms with Gasteiger partial charge in [0.2, 0.25) is 0 Å². The number of carbonyl (C=O) groups is 4. The van der Waals surface area contributed by atoms with E-state index in [4.69, 9.17) is 38.9 Å².